The van der Waals surface area contributed by atoms with E-state index in [1.165, 1.54) is 23.2 Å². The molecular weight excluding hydrogens is 743 g/mol. The number of nitrogens with zero attached hydrogens (tertiary/aromatic N) is 6. The number of aromatic nitrogens is 3. The Morgan fingerprint density at radius 3 is 2.70 bits per heavy atom. The van der Waals surface area contributed by atoms with Crippen LogP contribution in [0.25, 0.3) is 32.9 Å². The number of piperidine rings is 1. The van der Waals surface area contributed by atoms with Crippen LogP contribution < -0.4 is 19.7 Å². The average molecular weight is 790 g/mol. The van der Waals surface area contributed by atoms with Crippen LogP contribution in [0.3, 0.4) is 0 Å². The Kier molecular flexibility index (Phi) is 9.74. The molecule has 4 saturated heterocycles. The largest absolute Gasteiger partial charge is 0.461 e. The maximum absolute atomic E-state index is 17.5. The van der Waals surface area contributed by atoms with E-state index < -0.39 is 35.5 Å². The molecule has 6 bridgehead atoms. The maximum Gasteiger partial charge on any atom is 0.415 e. The Labute approximate surface area is 327 Å². The number of benzene rings is 2. The van der Waals surface area contributed by atoms with Gasteiger partial charge in [-0.1, -0.05) is 6.07 Å². The van der Waals surface area contributed by atoms with Gasteiger partial charge in [0.05, 0.1) is 42.3 Å². The van der Waals surface area contributed by atoms with Gasteiger partial charge in [0, 0.05) is 38.4 Å². The maximum atomic E-state index is 17.5. The number of rotatable bonds is 5. The number of amides is 2. The molecule has 8 heterocycles. The first-order valence-electron chi connectivity index (χ1n) is 19.8. The SMILES string of the molecule is COC1CCN(C(=O)Oc2cc3c4c(c(F)ccc4c2)CCCOC(=O)NC2(C)CC(F)CN(C2)c2nc(OCC45CCCN4CCC5)nc4c(F)c-3ncc24)C1. The number of ether oxygens (including phenoxy) is 4. The highest BCUT2D eigenvalue weighted by Crippen LogP contribution is 2.42. The lowest BCUT2D eigenvalue weighted by Crippen LogP contribution is -2.60. The molecule has 2 aromatic heterocycles. The number of methoxy groups -OCH3 is 1. The molecular formula is C41H46F3N7O6. The van der Waals surface area contributed by atoms with Gasteiger partial charge in [-0.25, -0.2) is 22.8 Å². The number of halogens is 3. The number of aryl methyl sites for hydroxylation is 1. The third-order valence-corrected chi connectivity index (χ3v) is 12.4. The van der Waals surface area contributed by atoms with E-state index >= 15 is 13.2 Å². The minimum Gasteiger partial charge on any atom is -0.461 e. The number of alkyl halides is 1. The van der Waals surface area contributed by atoms with E-state index in [2.05, 4.69) is 20.2 Å². The Morgan fingerprint density at radius 1 is 1.09 bits per heavy atom. The topological polar surface area (TPSA) is 131 Å². The number of alkyl carbamates (subject to hydrolysis) is 1. The molecule has 4 aromatic rings. The molecule has 2 amide bonds. The van der Waals surface area contributed by atoms with Gasteiger partial charge in [-0.2, -0.15) is 9.97 Å². The monoisotopic (exact) mass is 789 g/mol. The fraction of sp³-hybridized carbons (Fsp3) is 0.537. The molecule has 4 fully saturated rings. The van der Waals surface area contributed by atoms with Crippen LogP contribution in [0.4, 0.5) is 28.6 Å². The van der Waals surface area contributed by atoms with Gasteiger partial charge in [-0.15, -0.1) is 0 Å². The van der Waals surface area contributed by atoms with Crippen LogP contribution in [0.5, 0.6) is 11.8 Å². The molecule has 0 saturated carbocycles. The van der Waals surface area contributed by atoms with Crippen molar-refractivity contribution in [3.05, 3.63) is 47.7 Å². The van der Waals surface area contributed by atoms with Crippen molar-refractivity contribution in [1.29, 1.82) is 0 Å². The van der Waals surface area contributed by atoms with Crippen molar-refractivity contribution in [1.82, 2.24) is 30.1 Å². The average Bonchev–Trinajstić information content (AvgIpc) is 3.92. The first-order valence-corrected chi connectivity index (χ1v) is 19.8. The van der Waals surface area contributed by atoms with Gasteiger partial charge < -0.3 is 34.1 Å². The number of carbonyl (C=O) groups is 2. The van der Waals surface area contributed by atoms with Gasteiger partial charge in [0.1, 0.15) is 41.4 Å². The molecule has 57 heavy (non-hydrogen) atoms. The minimum absolute atomic E-state index is 0.0141. The number of carbonyl (C=O) groups excluding carboxylic acids is 2. The summed E-state index contributed by atoms with van der Waals surface area (Å²) in [6, 6.07) is 5.86. The Morgan fingerprint density at radius 2 is 1.91 bits per heavy atom. The van der Waals surface area contributed by atoms with E-state index in [-0.39, 0.29) is 95.9 Å². The second-order valence-electron chi connectivity index (χ2n) is 16.4. The molecule has 302 valence electrons. The van der Waals surface area contributed by atoms with Gasteiger partial charge in [-0.3, -0.25) is 9.88 Å². The smallest absolute Gasteiger partial charge is 0.415 e. The lowest BCUT2D eigenvalue weighted by Gasteiger charge is -2.42. The minimum atomic E-state index is -1.38. The first kappa shape index (κ1) is 37.6. The molecule has 3 atom stereocenters. The summed E-state index contributed by atoms with van der Waals surface area (Å²) >= 11 is 0. The summed E-state index contributed by atoms with van der Waals surface area (Å²) in [4.78, 5) is 46.1. The molecule has 0 aliphatic carbocycles. The Hall–Kier alpha value is -4.96. The van der Waals surface area contributed by atoms with Crippen molar-refractivity contribution in [3.63, 3.8) is 0 Å². The van der Waals surface area contributed by atoms with Crippen molar-refractivity contribution in [2.24, 2.45) is 0 Å². The Bertz CT molecular complexity index is 2240. The van der Waals surface area contributed by atoms with Crippen LogP contribution in [-0.2, 0) is 15.9 Å². The van der Waals surface area contributed by atoms with Crippen LogP contribution in [0, 0.1) is 11.6 Å². The van der Waals surface area contributed by atoms with Crippen molar-refractivity contribution < 1.29 is 41.7 Å². The lowest BCUT2D eigenvalue weighted by molar-refractivity contribution is 0.105. The number of likely N-dealkylation sites (tertiary alicyclic amines) is 1. The number of hydrogen-bond donors (Lipinski definition) is 1. The number of anilines is 1. The zero-order valence-corrected chi connectivity index (χ0v) is 32.1. The molecule has 16 heteroatoms. The van der Waals surface area contributed by atoms with Crippen molar-refractivity contribution in [2.45, 2.75) is 81.6 Å². The molecule has 6 aliphatic rings. The van der Waals surface area contributed by atoms with Crippen molar-refractivity contribution in [3.8, 4) is 23.0 Å². The molecule has 3 unspecified atom stereocenters. The first-order chi connectivity index (χ1) is 27.5. The quantitative estimate of drug-likeness (QED) is 0.244. The molecule has 13 nitrogen and oxygen atoms in total. The van der Waals surface area contributed by atoms with Gasteiger partial charge in [0.25, 0.3) is 0 Å². The van der Waals surface area contributed by atoms with E-state index in [0.717, 1.165) is 38.8 Å². The fourth-order valence-electron chi connectivity index (χ4n) is 9.70. The lowest BCUT2D eigenvalue weighted by atomic mass is 9.90. The summed E-state index contributed by atoms with van der Waals surface area (Å²) < 4.78 is 72.3. The highest BCUT2D eigenvalue weighted by atomic mass is 19.1. The predicted molar refractivity (Wildman–Crippen MR) is 204 cm³/mol. The highest BCUT2D eigenvalue weighted by Gasteiger charge is 2.45. The second-order valence-corrected chi connectivity index (χ2v) is 16.4. The third-order valence-electron chi connectivity index (χ3n) is 12.4. The van der Waals surface area contributed by atoms with Crippen LogP contribution in [0.15, 0.2) is 30.5 Å². The summed E-state index contributed by atoms with van der Waals surface area (Å²) in [5, 5.41) is 3.88. The van der Waals surface area contributed by atoms with Gasteiger partial charge >= 0.3 is 18.2 Å². The summed E-state index contributed by atoms with van der Waals surface area (Å²) in [6.07, 6.45) is 3.64. The molecule has 10 rings (SSSR count). The third kappa shape index (κ3) is 7.04. The van der Waals surface area contributed by atoms with E-state index in [0.29, 0.717) is 36.9 Å². The Balaban J connectivity index is 1.21. The van der Waals surface area contributed by atoms with Crippen LogP contribution in [0.2, 0.25) is 0 Å². The van der Waals surface area contributed by atoms with Crippen LogP contribution in [-0.4, -0.2) is 120 Å². The molecule has 1 N–H and O–H groups in total. The van der Waals surface area contributed by atoms with Gasteiger partial charge in [0.15, 0.2) is 5.82 Å². The summed E-state index contributed by atoms with van der Waals surface area (Å²) in [7, 11) is 1.59. The van der Waals surface area contributed by atoms with Gasteiger partial charge in [0.2, 0.25) is 0 Å². The number of fused-ring (bicyclic) bond motifs is 7. The fourth-order valence-corrected chi connectivity index (χ4v) is 9.70. The molecule has 6 aliphatic heterocycles. The predicted octanol–water partition coefficient (Wildman–Crippen LogP) is 6.33. The molecule has 2 aromatic carbocycles. The van der Waals surface area contributed by atoms with E-state index in [4.69, 9.17) is 23.9 Å². The van der Waals surface area contributed by atoms with E-state index in [1.54, 1.807) is 31.1 Å². The van der Waals surface area contributed by atoms with Gasteiger partial charge in [-0.05, 0) is 99.5 Å². The summed E-state index contributed by atoms with van der Waals surface area (Å²) in [5.41, 5.74) is -1.11. The molecule has 0 spiro atoms. The van der Waals surface area contributed by atoms with E-state index in [9.17, 15) is 9.59 Å². The van der Waals surface area contributed by atoms with Crippen LogP contribution >= 0.6 is 0 Å². The van der Waals surface area contributed by atoms with Crippen LogP contribution in [0.1, 0.15) is 57.4 Å². The number of hydrogen-bond acceptors (Lipinski definition) is 11. The standard InChI is InChI=1S/C41H46F3N7O6/c1-40-18-25(42)20-50(22-40)36-30-19-45-34(33(44)35(30)46-37(47-36)56-23-41-10-4-12-51(41)13-5-11-41)29-17-27(57-39(53)49-14-9-26(21-49)54-2)16-24-7-8-31(43)28(32(24)29)6-3-15-55-38(52)48-40/h7-8,16-17,19,25-26H,3-6,9-15,18,20-23H2,1-2H3,(H,48,52). The van der Waals surface area contributed by atoms with Crippen molar-refractivity contribution >= 4 is 39.7 Å². The summed E-state index contributed by atoms with van der Waals surface area (Å²) in [5.74, 6) is -1.07. The zero-order valence-electron chi connectivity index (χ0n) is 32.1. The highest BCUT2D eigenvalue weighted by molar-refractivity contribution is 6.02. The second kappa shape index (κ2) is 14.8. The number of nitrogens with one attached hydrogen (secondary N) is 1. The number of pyridine rings is 1. The molecule has 0 radical (unpaired) electrons. The van der Waals surface area contributed by atoms with Crippen molar-refractivity contribution in [2.75, 3.05) is 64.5 Å². The summed E-state index contributed by atoms with van der Waals surface area (Å²) in [6.45, 7) is 4.77. The zero-order chi connectivity index (χ0) is 39.5. The normalized spacial score (nSPS) is 24.8. The van der Waals surface area contributed by atoms with E-state index in [1.807, 2.05) is 0 Å².